The third-order valence-corrected chi connectivity index (χ3v) is 9.63. The molecule has 6 rings (SSSR count). The van der Waals surface area contributed by atoms with Gasteiger partial charge in [0.15, 0.2) is 0 Å². The number of aryl methyl sites for hydroxylation is 1. The lowest BCUT2D eigenvalue weighted by molar-refractivity contribution is -0.136. The number of unbranched alkanes of at least 4 members (excludes halogenated alkanes) is 5. The van der Waals surface area contributed by atoms with Crippen molar-refractivity contribution in [1.29, 1.82) is 0 Å². The van der Waals surface area contributed by atoms with E-state index in [0.717, 1.165) is 43.4 Å². The van der Waals surface area contributed by atoms with Gasteiger partial charge in [-0.25, -0.2) is 4.39 Å². The molecule has 1 fully saturated rings. The van der Waals surface area contributed by atoms with Crippen molar-refractivity contribution in [2.45, 2.75) is 71.3 Å². The van der Waals surface area contributed by atoms with Crippen LogP contribution in [0, 0.1) is 19.7 Å². The van der Waals surface area contributed by atoms with E-state index in [1.807, 2.05) is 0 Å². The lowest BCUT2D eigenvalue weighted by Gasteiger charge is -2.27. The standard InChI is InChI=1S/C38H39FN6O7/c1-20-29(19-26-25-18-23(39)10-12-28(25)43-34(26)48)42-21(2)32(20)36(50)41-16-8-6-4-3-5-7-15-40-33(47)22-9-11-24-27(17-22)38(52)45(37(24)51)30-13-14-31(46)44-35(30)49/h9-12,17-19,30,42H,3-8,13-16H2,1-2H3,(H,40,47)(H,41,50)(H,43,48)(H,44,46,49). The van der Waals surface area contributed by atoms with Gasteiger partial charge < -0.3 is 20.9 Å². The van der Waals surface area contributed by atoms with Gasteiger partial charge in [0.1, 0.15) is 11.9 Å². The van der Waals surface area contributed by atoms with Gasteiger partial charge in [-0.1, -0.05) is 25.7 Å². The first kappa shape index (κ1) is 35.9. The lowest BCUT2D eigenvalue weighted by atomic mass is 10.0. The number of hydrogen-bond donors (Lipinski definition) is 5. The molecule has 5 N–H and O–H groups in total. The first-order chi connectivity index (χ1) is 24.9. The van der Waals surface area contributed by atoms with Crippen LogP contribution in [-0.4, -0.2) is 70.4 Å². The maximum Gasteiger partial charge on any atom is 0.262 e. The number of amides is 7. The van der Waals surface area contributed by atoms with Crippen LogP contribution in [-0.2, 0) is 14.4 Å². The van der Waals surface area contributed by atoms with Crippen LogP contribution < -0.4 is 21.3 Å². The van der Waals surface area contributed by atoms with Crippen LogP contribution in [0.15, 0.2) is 36.4 Å². The third-order valence-electron chi connectivity index (χ3n) is 9.63. The molecule has 0 spiro atoms. The van der Waals surface area contributed by atoms with E-state index in [1.165, 1.54) is 36.4 Å². The van der Waals surface area contributed by atoms with E-state index in [9.17, 15) is 38.0 Å². The third kappa shape index (κ3) is 7.27. The fourth-order valence-electron chi connectivity index (χ4n) is 6.87. The number of nitrogens with one attached hydrogen (secondary N) is 5. The molecule has 3 aromatic rings. The number of piperidine rings is 1. The highest BCUT2D eigenvalue weighted by Gasteiger charge is 2.44. The van der Waals surface area contributed by atoms with Crippen molar-refractivity contribution < 1.29 is 38.0 Å². The second-order valence-corrected chi connectivity index (χ2v) is 13.2. The molecule has 1 saturated heterocycles. The number of anilines is 1. The van der Waals surface area contributed by atoms with Crippen molar-refractivity contribution in [2.24, 2.45) is 0 Å². The minimum atomic E-state index is -1.07. The molecule has 1 aromatic heterocycles. The van der Waals surface area contributed by atoms with E-state index in [2.05, 4.69) is 26.3 Å². The Morgan fingerprint density at radius 1 is 0.827 bits per heavy atom. The normalized spacial score (nSPS) is 17.3. The molecule has 1 unspecified atom stereocenters. The summed E-state index contributed by atoms with van der Waals surface area (Å²) >= 11 is 0. The Balaban J connectivity index is 0.886. The zero-order valence-corrected chi connectivity index (χ0v) is 28.9. The molecule has 14 heteroatoms. The summed E-state index contributed by atoms with van der Waals surface area (Å²) in [5.74, 6) is -3.79. The molecule has 3 aliphatic rings. The molecule has 3 aliphatic heterocycles. The molecule has 7 amide bonds. The number of carbonyl (C=O) groups is 7. The summed E-state index contributed by atoms with van der Waals surface area (Å²) in [6, 6.07) is 7.30. The van der Waals surface area contributed by atoms with Gasteiger partial charge in [0.2, 0.25) is 11.8 Å². The summed E-state index contributed by atoms with van der Waals surface area (Å²) < 4.78 is 13.8. The first-order valence-corrected chi connectivity index (χ1v) is 17.4. The Morgan fingerprint density at radius 2 is 1.50 bits per heavy atom. The molecule has 0 bridgehead atoms. The molecule has 1 atom stereocenters. The molecule has 0 radical (unpaired) electrons. The van der Waals surface area contributed by atoms with Crippen LogP contribution in [0.1, 0.15) is 115 Å². The number of H-pyrrole nitrogens is 1. The summed E-state index contributed by atoms with van der Waals surface area (Å²) in [4.78, 5) is 92.0. The molecule has 4 heterocycles. The number of nitrogens with zero attached hydrogens (tertiary/aromatic N) is 1. The van der Waals surface area contributed by atoms with E-state index in [-0.39, 0.29) is 47.3 Å². The predicted octanol–water partition coefficient (Wildman–Crippen LogP) is 4.16. The van der Waals surface area contributed by atoms with Crippen molar-refractivity contribution in [3.05, 3.63) is 87.0 Å². The van der Waals surface area contributed by atoms with Crippen LogP contribution in [0.25, 0.3) is 11.6 Å². The highest BCUT2D eigenvalue weighted by Crippen LogP contribution is 2.34. The van der Waals surface area contributed by atoms with Gasteiger partial charge in [-0.15, -0.1) is 0 Å². The molecular formula is C38H39FN6O7. The lowest BCUT2D eigenvalue weighted by Crippen LogP contribution is -2.54. The molecule has 0 aliphatic carbocycles. The molecule has 13 nitrogen and oxygen atoms in total. The van der Waals surface area contributed by atoms with Crippen LogP contribution in [0.2, 0.25) is 0 Å². The quantitative estimate of drug-likeness (QED) is 0.100. The van der Waals surface area contributed by atoms with Crippen LogP contribution in [0.5, 0.6) is 0 Å². The number of aromatic nitrogens is 1. The number of fused-ring (bicyclic) bond motifs is 2. The summed E-state index contributed by atoms with van der Waals surface area (Å²) in [6.45, 7) is 4.54. The van der Waals surface area contributed by atoms with E-state index in [4.69, 9.17) is 0 Å². The largest absolute Gasteiger partial charge is 0.358 e. The number of rotatable bonds is 13. The van der Waals surface area contributed by atoms with Crippen LogP contribution in [0.3, 0.4) is 0 Å². The van der Waals surface area contributed by atoms with Crippen molar-refractivity contribution in [3.63, 3.8) is 0 Å². The van der Waals surface area contributed by atoms with E-state index in [0.29, 0.717) is 52.4 Å². The van der Waals surface area contributed by atoms with Crippen molar-refractivity contribution in [1.82, 2.24) is 25.8 Å². The first-order valence-electron chi connectivity index (χ1n) is 17.4. The minimum absolute atomic E-state index is 0.0255. The number of benzene rings is 2. The van der Waals surface area contributed by atoms with Gasteiger partial charge in [-0.2, -0.15) is 0 Å². The summed E-state index contributed by atoms with van der Waals surface area (Å²) in [6.07, 6.45) is 6.98. The Hall–Kier alpha value is -5.92. The smallest absolute Gasteiger partial charge is 0.262 e. The van der Waals surface area contributed by atoms with Gasteiger partial charge >= 0.3 is 0 Å². The van der Waals surface area contributed by atoms with Gasteiger partial charge in [-0.3, -0.25) is 43.8 Å². The second-order valence-electron chi connectivity index (χ2n) is 13.2. The highest BCUT2D eigenvalue weighted by atomic mass is 19.1. The molecule has 0 saturated carbocycles. The minimum Gasteiger partial charge on any atom is -0.358 e. The van der Waals surface area contributed by atoms with Gasteiger partial charge in [0.25, 0.3) is 29.5 Å². The number of carbonyl (C=O) groups excluding carboxylic acids is 7. The monoisotopic (exact) mass is 710 g/mol. The topological polar surface area (TPSA) is 187 Å². The van der Waals surface area contributed by atoms with Gasteiger partial charge in [0, 0.05) is 47.7 Å². The van der Waals surface area contributed by atoms with E-state index < -0.39 is 35.5 Å². The summed E-state index contributed by atoms with van der Waals surface area (Å²) in [5, 5.41) is 10.7. The molecular weight excluding hydrogens is 671 g/mol. The zero-order chi connectivity index (χ0) is 37.1. The Bertz CT molecular complexity index is 2050. The summed E-state index contributed by atoms with van der Waals surface area (Å²) in [5.41, 5.74) is 4.23. The highest BCUT2D eigenvalue weighted by molar-refractivity contribution is 6.35. The van der Waals surface area contributed by atoms with Crippen molar-refractivity contribution >= 4 is 58.7 Å². The Kier molecular flexibility index (Phi) is 10.4. The van der Waals surface area contributed by atoms with E-state index >= 15 is 0 Å². The zero-order valence-electron chi connectivity index (χ0n) is 28.9. The molecule has 270 valence electrons. The van der Waals surface area contributed by atoms with E-state index in [1.54, 1.807) is 19.9 Å². The molecule has 52 heavy (non-hydrogen) atoms. The molecule has 2 aromatic carbocycles. The average Bonchev–Trinajstić information content (AvgIpc) is 3.67. The maximum atomic E-state index is 13.8. The van der Waals surface area contributed by atoms with Crippen LogP contribution in [0.4, 0.5) is 10.1 Å². The fraction of sp³-hybridized carbons (Fsp3) is 0.342. The van der Waals surface area contributed by atoms with Crippen molar-refractivity contribution in [2.75, 3.05) is 18.4 Å². The maximum absolute atomic E-state index is 13.8. The summed E-state index contributed by atoms with van der Waals surface area (Å²) in [7, 11) is 0. The number of aromatic amines is 1. The number of hydrogen-bond acceptors (Lipinski definition) is 7. The number of halogens is 1. The van der Waals surface area contributed by atoms with Gasteiger partial charge in [-0.05, 0) is 81.1 Å². The second kappa shape index (κ2) is 15.1. The Morgan fingerprint density at radius 3 is 2.21 bits per heavy atom. The Labute approximate surface area is 298 Å². The SMILES string of the molecule is Cc1[nH]c(C=C2C(=O)Nc3ccc(F)cc32)c(C)c1C(=O)NCCCCCCCCNC(=O)c1ccc2c(c1)C(=O)N(C1CCC(=O)NC1=O)C2=O. The van der Waals surface area contributed by atoms with Gasteiger partial charge in [0.05, 0.1) is 22.3 Å². The van der Waals surface area contributed by atoms with Crippen LogP contribution >= 0.6 is 0 Å². The number of imide groups is 2. The van der Waals surface area contributed by atoms with Crippen molar-refractivity contribution in [3.8, 4) is 0 Å². The average molecular weight is 711 g/mol. The fourth-order valence-corrected chi connectivity index (χ4v) is 6.87. The predicted molar refractivity (Wildman–Crippen MR) is 189 cm³/mol.